The minimum Gasteiger partial charge on any atom is -0.493 e. The fraction of sp³-hybridized carbons (Fsp3) is 0.321. The van der Waals surface area contributed by atoms with Gasteiger partial charge in [-0.25, -0.2) is 0 Å². The van der Waals surface area contributed by atoms with E-state index in [1.807, 2.05) is 48.5 Å². The topological polar surface area (TPSA) is 56.8 Å². The Morgan fingerprint density at radius 2 is 1.70 bits per heavy atom. The summed E-state index contributed by atoms with van der Waals surface area (Å²) in [5.41, 5.74) is 0.868. The van der Waals surface area contributed by atoms with Crippen LogP contribution in [0, 0.1) is 0 Å². The first-order chi connectivity index (χ1) is 16.2. The summed E-state index contributed by atoms with van der Waals surface area (Å²) in [5.74, 6) is 2.03. The fourth-order valence-electron chi connectivity index (χ4n) is 3.51. The van der Waals surface area contributed by atoms with Gasteiger partial charge in [-0.3, -0.25) is 4.79 Å². The molecule has 0 fully saturated rings. The second-order valence-corrected chi connectivity index (χ2v) is 7.77. The monoisotopic (exact) mass is 447 g/mol. The third-order valence-corrected chi connectivity index (χ3v) is 5.28. The number of hydrogen-bond acceptors (Lipinski definition) is 4. The minimum atomic E-state index is -0.174. The quantitative estimate of drug-likeness (QED) is 0.257. The van der Waals surface area contributed by atoms with Crippen molar-refractivity contribution in [1.82, 2.24) is 5.32 Å². The largest absolute Gasteiger partial charge is 0.493 e. The standard InChI is InChI=1S/C28H33NO4/c1-3-4-5-8-19-32-26-16-14-22(21-27(26)31-2)15-17-28(30)29-18-20-33-25-13-9-11-23-10-6-7-12-24(23)25/h6-7,9-17,21H,3-5,8,18-20H2,1-2H3,(H,29,30)/b17-15+. The lowest BCUT2D eigenvalue weighted by Gasteiger charge is -2.11. The summed E-state index contributed by atoms with van der Waals surface area (Å²) >= 11 is 0. The van der Waals surface area contributed by atoms with Crippen molar-refractivity contribution in [2.45, 2.75) is 32.6 Å². The van der Waals surface area contributed by atoms with E-state index in [1.165, 1.54) is 25.3 Å². The van der Waals surface area contributed by atoms with Crippen molar-refractivity contribution in [3.63, 3.8) is 0 Å². The van der Waals surface area contributed by atoms with E-state index in [2.05, 4.69) is 24.4 Å². The summed E-state index contributed by atoms with van der Waals surface area (Å²) in [6, 6.07) is 19.7. The number of rotatable bonds is 13. The predicted molar refractivity (Wildman–Crippen MR) is 134 cm³/mol. The maximum absolute atomic E-state index is 12.2. The molecule has 3 aromatic carbocycles. The van der Waals surface area contributed by atoms with Crippen LogP contribution >= 0.6 is 0 Å². The number of ether oxygens (including phenoxy) is 3. The van der Waals surface area contributed by atoms with Crippen LogP contribution in [0.1, 0.15) is 38.2 Å². The summed E-state index contributed by atoms with van der Waals surface area (Å²) in [6.45, 7) is 3.68. The third kappa shape index (κ3) is 7.56. The van der Waals surface area contributed by atoms with Gasteiger partial charge in [0.05, 0.1) is 20.3 Å². The summed E-state index contributed by atoms with van der Waals surface area (Å²) in [4.78, 5) is 12.2. The minimum absolute atomic E-state index is 0.174. The Bertz CT molecular complexity index is 1060. The van der Waals surface area contributed by atoms with Crippen LogP contribution in [0.4, 0.5) is 0 Å². The van der Waals surface area contributed by atoms with E-state index in [0.29, 0.717) is 25.5 Å². The van der Waals surface area contributed by atoms with Crippen molar-refractivity contribution < 1.29 is 19.0 Å². The van der Waals surface area contributed by atoms with Gasteiger partial charge < -0.3 is 19.5 Å². The SMILES string of the molecule is CCCCCCOc1ccc(/C=C/C(=O)NCCOc2cccc3ccccc23)cc1OC. The molecule has 33 heavy (non-hydrogen) atoms. The number of hydrogen-bond donors (Lipinski definition) is 1. The van der Waals surface area contributed by atoms with Gasteiger partial charge in [-0.1, -0.05) is 68.7 Å². The molecule has 0 unspecified atom stereocenters. The molecule has 0 aliphatic heterocycles. The first kappa shape index (κ1) is 24.2. The highest BCUT2D eigenvalue weighted by molar-refractivity contribution is 5.91. The van der Waals surface area contributed by atoms with Gasteiger partial charge in [-0.05, 0) is 41.6 Å². The van der Waals surface area contributed by atoms with Crippen molar-refractivity contribution in [3.05, 3.63) is 72.3 Å². The van der Waals surface area contributed by atoms with Gasteiger partial charge in [0, 0.05) is 11.5 Å². The molecule has 0 radical (unpaired) electrons. The first-order valence-electron chi connectivity index (χ1n) is 11.6. The molecule has 174 valence electrons. The molecular weight excluding hydrogens is 414 g/mol. The van der Waals surface area contributed by atoms with Gasteiger partial charge in [0.15, 0.2) is 11.5 Å². The van der Waals surface area contributed by atoms with E-state index in [0.717, 1.165) is 34.3 Å². The van der Waals surface area contributed by atoms with Crippen LogP contribution < -0.4 is 19.5 Å². The highest BCUT2D eigenvalue weighted by Crippen LogP contribution is 2.29. The lowest BCUT2D eigenvalue weighted by molar-refractivity contribution is -0.116. The van der Waals surface area contributed by atoms with E-state index < -0.39 is 0 Å². The van der Waals surface area contributed by atoms with Crippen molar-refractivity contribution in [2.24, 2.45) is 0 Å². The average Bonchev–Trinajstić information content (AvgIpc) is 2.85. The normalized spacial score (nSPS) is 11.0. The van der Waals surface area contributed by atoms with Gasteiger partial charge in [-0.15, -0.1) is 0 Å². The third-order valence-electron chi connectivity index (χ3n) is 5.28. The van der Waals surface area contributed by atoms with Gasteiger partial charge >= 0.3 is 0 Å². The molecule has 3 aromatic rings. The zero-order chi connectivity index (χ0) is 23.3. The van der Waals surface area contributed by atoms with Crippen LogP contribution in [-0.2, 0) is 4.79 Å². The zero-order valence-electron chi connectivity index (χ0n) is 19.5. The van der Waals surface area contributed by atoms with E-state index in [-0.39, 0.29) is 5.91 Å². The smallest absolute Gasteiger partial charge is 0.244 e. The number of carbonyl (C=O) groups excluding carboxylic acids is 1. The van der Waals surface area contributed by atoms with E-state index in [9.17, 15) is 4.79 Å². The molecule has 0 aromatic heterocycles. The van der Waals surface area contributed by atoms with Crippen LogP contribution in [0.25, 0.3) is 16.8 Å². The van der Waals surface area contributed by atoms with E-state index in [4.69, 9.17) is 14.2 Å². The molecule has 0 aliphatic rings. The Hall–Kier alpha value is -3.47. The number of nitrogens with one attached hydrogen (secondary N) is 1. The summed E-state index contributed by atoms with van der Waals surface area (Å²) in [6.07, 6.45) is 7.90. The summed E-state index contributed by atoms with van der Waals surface area (Å²) in [5, 5.41) is 5.04. The lowest BCUT2D eigenvalue weighted by Crippen LogP contribution is -2.26. The molecule has 5 heteroatoms. The second kappa shape index (κ2) is 13.2. The molecular formula is C28H33NO4. The number of benzene rings is 3. The maximum atomic E-state index is 12.2. The molecule has 0 spiro atoms. The van der Waals surface area contributed by atoms with Crippen molar-refractivity contribution in [3.8, 4) is 17.2 Å². The Labute approximate surface area is 196 Å². The predicted octanol–water partition coefficient (Wildman–Crippen LogP) is 6.02. The highest BCUT2D eigenvalue weighted by Gasteiger charge is 2.06. The van der Waals surface area contributed by atoms with Gasteiger partial charge in [-0.2, -0.15) is 0 Å². The molecule has 0 saturated heterocycles. The van der Waals surface area contributed by atoms with Gasteiger partial charge in [0.1, 0.15) is 12.4 Å². The molecule has 1 N–H and O–H groups in total. The van der Waals surface area contributed by atoms with Crippen LogP contribution in [0.3, 0.4) is 0 Å². The lowest BCUT2D eigenvalue weighted by atomic mass is 10.1. The first-order valence-corrected chi connectivity index (χ1v) is 11.6. The second-order valence-electron chi connectivity index (χ2n) is 7.77. The number of methoxy groups -OCH3 is 1. The number of amides is 1. The molecule has 0 heterocycles. The molecule has 0 bridgehead atoms. The molecule has 3 rings (SSSR count). The van der Waals surface area contributed by atoms with Gasteiger partial charge in [0.2, 0.25) is 5.91 Å². The van der Waals surface area contributed by atoms with Crippen LogP contribution in [-0.4, -0.2) is 32.8 Å². The Kier molecular flexibility index (Phi) is 9.64. The molecule has 0 atom stereocenters. The summed E-state index contributed by atoms with van der Waals surface area (Å²) < 4.78 is 17.1. The molecule has 1 amide bonds. The van der Waals surface area contributed by atoms with Crippen molar-refractivity contribution in [2.75, 3.05) is 26.9 Å². The van der Waals surface area contributed by atoms with Crippen molar-refractivity contribution >= 4 is 22.8 Å². The van der Waals surface area contributed by atoms with E-state index in [1.54, 1.807) is 13.2 Å². The van der Waals surface area contributed by atoms with Crippen molar-refractivity contribution in [1.29, 1.82) is 0 Å². The molecule has 0 aliphatic carbocycles. The maximum Gasteiger partial charge on any atom is 0.244 e. The number of fused-ring (bicyclic) bond motifs is 1. The zero-order valence-corrected chi connectivity index (χ0v) is 19.5. The Balaban J connectivity index is 1.44. The Morgan fingerprint density at radius 1 is 0.879 bits per heavy atom. The van der Waals surface area contributed by atoms with Crippen LogP contribution in [0.2, 0.25) is 0 Å². The van der Waals surface area contributed by atoms with Crippen LogP contribution in [0.15, 0.2) is 66.7 Å². The highest BCUT2D eigenvalue weighted by atomic mass is 16.5. The fourth-order valence-corrected chi connectivity index (χ4v) is 3.51. The Morgan fingerprint density at radius 3 is 2.55 bits per heavy atom. The van der Waals surface area contributed by atoms with Gasteiger partial charge in [0.25, 0.3) is 0 Å². The van der Waals surface area contributed by atoms with Crippen LogP contribution in [0.5, 0.6) is 17.2 Å². The average molecular weight is 448 g/mol. The summed E-state index contributed by atoms with van der Waals surface area (Å²) in [7, 11) is 1.62. The number of carbonyl (C=O) groups is 1. The number of unbranched alkanes of at least 4 members (excludes halogenated alkanes) is 3. The van der Waals surface area contributed by atoms with E-state index >= 15 is 0 Å². The molecule has 0 saturated carbocycles. The molecule has 5 nitrogen and oxygen atoms in total.